The number of aryl methyl sites for hydroxylation is 1. The number of aromatic nitrogens is 1. The number of hydrogen-bond acceptors (Lipinski definition) is 3. The molecule has 4 nitrogen and oxygen atoms in total. The second-order valence-corrected chi connectivity index (χ2v) is 6.21. The number of fused-ring (bicyclic) bond motifs is 1. The van der Waals surface area contributed by atoms with Gasteiger partial charge in [-0.05, 0) is 59.6 Å². The fourth-order valence-electron chi connectivity index (χ4n) is 3.03. The number of esters is 1. The Bertz CT molecular complexity index is 762. The Balaban J connectivity index is 2.20. The van der Waals surface area contributed by atoms with Gasteiger partial charge in [0.15, 0.2) is 0 Å². The molecule has 0 bridgehead atoms. The lowest BCUT2D eigenvalue weighted by Gasteiger charge is -2.16. The third kappa shape index (κ3) is 2.59. The first-order chi connectivity index (χ1) is 10.7. The van der Waals surface area contributed by atoms with Gasteiger partial charge in [-0.15, -0.1) is 0 Å². The molecule has 0 saturated heterocycles. The molecule has 0 unspecified atom stereocenters. The lowest BCUT2D eigenvalue weighted by Crippen LogP contribution is -2.22. The zero-order valence-electron chi connectivity index (χ0n) is 12.8. The number of hydrogen-bond donors (Lipinski definition) is 1. The van der Waals surface area contributed by atoms with Crippen LogP contribution in [0.25, 0.3) is 16.5 Å². The minimum Gasteiger partial charge on any atom is -0.465 e. The zero-order chi connectivity index (χ0) is 15.7. The summed E-state index contributed by atoms with van der Waals surface area (Å²) in [6.07, 6.45) is 3.35. The third-order valence-corrected chi connectivity index (χ3v) is 4.64. The molecule has 0 amide bonds. The van der Waals surface area contributed by atoms with Crippen molar-refractivity contribution in [3.05, 3.63) is 40.0 Å². The van der Waals surface area contributed by atoms with Gasteiger partial charge in [0.2, 0.25) is 0 Å². The Morgan fingerprint density at radius 1 is 1.41 bits per heavy atom. The van der Waals surface area contributed by atoms with Gasteiger partial charge in [0.25, 0.3) is 0 Å². The summed E-state index contributed by atoms with van der Waals surface area (Å²) in [6, 6.07) is 5.89. The van der Waals surface area contributed by atoms with Crippen LogP contribution in [0.5, 0.6) is 0 Å². The maximum Gasteiger partial charge on any atom is 0.337 e. The number of carbonyl (C=O) groups is 1. The van der Waals surface area contributed by atoms with Crippen molar-refractivity contribution in [2.24, 2.45) is 0 Å². The van der Waals surface area contributed by atoms with Gasteiger partial charge in [-0.2, -0.15) is 0 Å². The standard InChI is InChI=1S/C17H19BrN2O2/c1-3-20-15(11-5-4-6-19-10-11)9-12-7-13(17(21)22-2)8-14(18)16(12)20/h5,7-9,19H,3-4,6,10H2,1-2H3. The lowest BCUT2D eigenvalue weighted by atomic mass is 10.1. The molecule has 1 N–H and O–H groups in total. The molecule has 1 aliphatic rings. The average molecular weight is 363 g/mol. The predicted molar refractivity (Wildman–Crippen MR) is 92.1 cm³/mol. The van der Waals surface area contributed by atoms with Crippen molar-refractivity contribution in [3.8, 4) is 0 Å². The van der Waals surface area contributed by atoms with Crippen molar-refractivity contribution in [1.82, 2.24) is 9.88 Å². The van der Waals surface area contributed by atoms with Crippen molar-refractivity contribution in [3.63, 3.8) is 0 Å². The number of methoxy groups -OCH3 is 1. The Morgan fingerprint density at radius 2 is 2.23 bits per heavy atom. The van der Waals surface area contributed by atoms with Gasteiger partial charge in [-0.1, -0.05) is 6.08 Å². The molecule has 2 aromatic rings. The van der Waals surface area contributed by atoms with Crippen LogP contribution in [0.2, 0.25) is 0 Å². The number of ether oxygens (including phenoxy) is 1. The Labute approximate surface area is 138 Å². The Kier molecular flexibility index (Phi) is 4.36. The van der Waals surface area contributed by atoms with Crippen molar-refractivity contribution in [2.45, 2.75) is 19.9 Å². The summed E-state index contributed by atoms with van der Waals surface area (Å²) >= 11 is 3.61. The average Bonchev–Trinajstić information content (AvgIpc) is 2.94. The highest BCUT2D eigenvalue weighted by molar-refractivity contribution is 9.10. The van der Waals surface area contributed by atoms with Gasteiger partial charge in [0.05, 0.1) is 18.2 Å². The number of halogens is 1. The van der Waals surface area contributed by atoms with Gasteiger partial charge < -0.3 is 14.6 Å². The van der Waals surface area contributed by atoms with Gasteiger partial charge >= 0.3 is 5.97 Å². The smallest absolute Gasteiger partial charge is 0.337 e. The first-order valence-electron chi connectivity index (χ1n) is 7.47. The number of carbonyl (C=O) groups excluding carboxylic acids is 1. The topological polar surface area (TPSA) is 43.3 Å². The maximum atomic E-state index is 11.8. The summed E-state index contributed by atoms with van der Waals surface area (Å²) in [7, 11) is 1.40. The van der Waals surface area contributed by atoms with E-state index in [9.17, 15) is 4.79 Å². The summed E-state index contributed by atoms with van der Waals surface area (Å²) in [4.78, 5) is 11.8. The molecule has 1 aromatic heterocycles. The van der Waals surface area contributed by atoms with Crippen LogP contribution in [-0.4, -0.2) is 30.7 Å². The fraction of sp³-hybridized carbons (Fsp3) is 0.353. The molecule has 22 heavy (non-hydrogen) atoms. The van der Waals surface area contributed by atoms with Gasteiger partial charge in [-0.3, -0.25) is 0 Å². The largest absolute Gasteiger partial charge is 0.465 e. The van der Waals surface area contributed by atoms with Crippen LogP contribution in [0.3, 0.4) is 0 Å². The number of rotatable bonds is 3. The van der Waals surface area contributed by atoms with E-state index in [1.165, 1.54) is 18.4 Å². The van der Waals surface area contributed by atoms with Crippen LogP contribution < -0.4 is 5.32 Å². The normalized spacial score (nSPS) is 15.0. The van der Waals surface area contributed by atoms with Crippen LogP contribution in [0.1, 0.15) is 29.4 Å². The summed E-state index contributed by atoms with van der Waals surface area (Å²) in [5.74, 6) is -0.313. The van der Waals surface area contributed by atoms with Crippen molar-refractivity contribution in [1.29, 1.82) is 0 Å². The van der Waals surface area contributed by atoms with E-state index in [1.54, 1.807) is 0 Å². The molecule has 5 heteroatoms. The van der Waals surface area contributed by atoms with E-state index >= 15 is 0 Å². The van der Waals surface area contributed by atoms with Crippen molar-refractivity contribution >= 4 is 38.4 Å². The molecule has 0 fully saturated rings. The van der Waals surface area contributed by atoms with Crippen LogP contribution in [0, 0.1) is 0 Å². The van der Waals surface area contributed by atoms with E-state index in [0.717, 1.165) is 41.4 Å². The van der Waals surface area contributed by atoms with Gasteiger partial charge in [0, 0.05) is 28.6 Å². The monoisotopic (exact) mass is 362 g/mol. The molecule has 1 aliphatic heterocycles. The van der Waals surface area contributed by atoms with E-state index in [2.05, 4.69) is 44.9 Å². The van der Waals surface area contributed by atoms with E-state index < -0.39 is 0 Å². The molecule has 0 spiro atoms. The number of benzene rings is 1. The van der Waals surface area contributed by atoms with Crippen LogP contribution in [0.4, 0.5) is 0 Å². The van der Waals surface area contributed by atoms with Crippen molar-refractivity contribution in [2.75, 3.05) is 20.2 Å². The lowest BCUT2D eigenvalue weighted by molar-refractivity contribution is 0.0601. The molecule has 1 aromatic carbocycles. The summed E-state index contributed by atoms with van der Waals surface area (Å²) in [6.45, 7) is 4.94. The first-order valence-corrected chi connectivity index (χ1v) is 8.26. The molecular weight excluding hydrogens is 344 g/mol. The van der Waals surface area contributed by atoms with Gasteiger partial charge in [-0.25, -0.2) is 4.79 Å². The minimum absolute atomic E-state index is 0.313. The highest BCUT2D eigenvalue weighted by atomic mass is 79.9. The third-order valence-electron chi connectivity index (χ3n) is 4.04. The molecule has 0 radical (unpaired) electrons. The molecule has 3 rings (SSSR count). The number of nitrogens with one attached hydrogen (secondary N) is 1. The Hall–Kier alpha value is -1.59. The first kappa shape index (κ1) is 15.3. The van der Waals surface area contributed by atoms with E-state index in [4.69, 9.17) is 4.74 Å². The number of nitrogens with zero attached hydrogens (tertiary/aromatic N) is 1. The van der Waals surface area contributed by atoms with E-state index in [-0.39, 0.29) is 5.97 Å². The highest BCUT2D eigenvalue weighted by Crippen LogP contribution is 2.32. The SMILES string of the molecule is CCn1c(C2=CCCNC2)cc2cc(C(=O)OC)cc(Br)c21. The minimum atomic E-state index is -0.313. The highest BCUT2D eigenvalue weighted by Gasteiger charge is 2.17. The molecular formula is C17H19BrN2O2. The zero-order valence-corrected chi connectivity index (χ0v) is 14.4. The second kappa shape index (κ2) is 6.26. The van der Waals surface area contributed by atoms with Crippen molar-refractivity contribution < 1.29 is 9.53 Å². The van der Waals surface area contributed by atoms with E-state index in [0.29, 0.717) is 5.56 Å². The molecule has 0 saturated carbocycles. The fourth-order valence-corrected chi connectivity index (χ4v) is 3.72. The maximum absolute atomic E-state index is 11.8. The van der Waals surface area contributed by atoms with Crippen LogP contribution >= 0.6 is 15.9 Å². The van der Waals surface area contributed by atoms with Gasteiger partial charge in [0.1, 0.15) is 0 Å². The van der Waals surface area contributed by atoms with E-state index in [1.807, 2.05) is 12.1 Å². The van der Waals surface area contributed by atoms with Crippen LogP contribution in [-0.2, 0) is 11.3 Å². The Morgan fingerprint density at radius 3 is 2.86 bits per heavy atom. The second-order valence-electron chi connectivity index (χ2n) is 5.36. The summed E-state index contributed by atoms with van der Waals surface area (Å²) < 4.78 is 8.04. The molecule has 0 atom stereocenters. The molecule has 2 heterocycles. The summed E-state index contributed by atoms with van der Waals surface area (Å²) in [5, 5.41) is 4.47. The van der Waals surface area contributed by atoms with Crippen LogP contribution in [0.15, 0.2) is 28.7 Å². The molecule has 116 valence electrons. The summed E-state index contributed by atoms with van der Waals surface area (Å²) in [5.41, 5.74) is 4.22. The quantitative estimate of drug-likeness (QED) is 0.848. The predicted octanol–water partition coefficient (Wildman–Crippen LogP) is 3.59. The molecule has 0 aliphatic carbocycles.